The van der Waals surface area contributed by atoms with Gasteiger partial charge < -0.3 is 4.74 Å². The number of carbonyl (C=O) groups is 1. The van der Waals surface area contributed by atoms with Crippen molar-refractivity contribution in [3.05, 3.63) is 28.3 Å². The van der Waals surface area contributed by atoms with Crippen molar-refractivity contribution in [3.63, 3.8) is 0 Å². The number of ether oxygens (including phenoxy) is 1. The molecule has 1 rings (SSSR count). The molecule has 3 nitrogen and oxygen atoms in total. The summed E-state index contributed by atoms with van der Waals surface area (Å²) in [5.41, 5.74) is -1.86. The third kappa shape index (κ3) is 2.20. The average Bonchev–Trinajstić information content (AvgIpc) is 2.16. The minimum absolute atomic E-state index is 0.532. The van der Waals surface area contributed by atoms with Crippen molar-refractivity contribution in [3.8, 4) is 0 Å². The van der Waals surface area contributed by atoms with Gasteiger partial charge in [-0.1, -0.05) is 11.6 Å². The normalized spacial score (nSPS) is 10.5. The number of rotatable bonds is 2. The maximum atomic E-state index is 13.3. The van der Waals surface area contributed by atoms with Crippen LogP contribution in [-0.4, -0.2) is 18.1 Å². The van der Waals surface area contributed by atoms with E-state index in [1.807, 2.05) is 0 Å². The molecule has 1 heterocycles. The fourth-order valence-corrected chi connectivity index (χ4v) is 1.13. The van der Waals surface area contributed by atoms with E-state index in [0.29, 0.717) is 0 Å². The summed E-state index contributed by atoms with van der Waals surface area (Å²) in [6.07, 6.45) is -2.35. The second-order valence-electron chi connectivity index (χ2n) is 2.47. The van der Waals surface area contributed by atoms with Crippen LogP contribution in [0.5, 0.6) is 0 Å². The van der Waals surface area contributed by atoms with E-state index in [0.717, 1.165) is 13.3 Å². The fourth-order valence-electron chi connectivity index (χ4n) is 0.919. The van der Waals surface area contributed by atoms with Crippen molar-refractivity contribution >= 4 is 17.6 Å². The number of esters is 1. The lowest BCUT2D eigenvalue weighted by Crippen LogP contribution is -2.10. The van der Waals surface area contributed by atoms with Crippen molar-refractivity contribution in [2.75, 3.05) is 7.11 Å². The van der Waals surface area contributed by atoms with Gasteiger partial charge in [-0.15, -0.1) is 0 Å². The van der Waals surface area contributed by atoms with Gasteiger partial charge in [0.1, 0.15) is 0 Å². The Labute approximate surface area is 87.8 Å². The molecule has 0 spiro atoms. The molecule has 0 saturated carbocycles. The molecule has 0 aliphatic heterocycles. The molecule has 82 valence electrons. The summed E-state index contributed by atoms with van der Waals surface area (Å²) in [6, 6.07) is 0. The summed E-state index contributed by atoms with van der Waals surface area (Å²) in [5.74, 6) is -2.59. The molecule has 0 aliphatic carbocycles. The van der Waals surface area contributed by atoms with Gasteiger partial charge in [-0.3, -0.25) is 0 Å². The summed E-state index contributed by atoms with van der Waals surface area (Å²) >= 11 is 5.31. The Balaban J connectivity index is 3.35. The number of halogens is 4. The third-order valence-corrected chi connectivity index (χ3v) is 1.91. The van der Waals surface area contributed by atoms with Crippen molar-refractivity contribution in [2.45, 2.75) is 6.43 Å². The molecule has 0 fully saturated rings. The van der Waals surface area contributed by atoms with Crippen LogP contribution in [0, 0.1) is 5.82 Å². The number of hydrogen-bond donors (Lipinski definition) is 0. The van der Waals surface area contributed by atoms with Crippen molar-refractivity contribution in [1.82, 2.24) is 4.98 Å². The monoisotopic (exact) mass is 239 g/mol. The van der Waals surface area contributed by atoms with Crippen LogP contribution < -0.4 is 0 Å². The number of aromatic nitrogens is 1. The highest BCUT2D eigenvalue weighted by Crippen LogP contribution is 2.30. The van der Waals surface area contributed by atoms with Gasteiger partial charge in [-0.25, -0.2) is 22.9 Å². The van der Waals surface area contributed by atoms with Gasteiger partial charge in [0.05, 0.1) is 17.7 Å². The predicted molar refractivity (Wildman–Crippen MR) is 45.5 cm³/mol. The summed E-state index contributed by atoms with van der Waals surface area (Å²) in [4.78, 5) is 14.2. The maximum Gasteiger partial charge on any atom is 0.359 e. The molecule has 1 aromatic heterocycles. The average molecular weight is 240 g/mol. The second kappa shape index (κ2) is 4.48. The van der Waals surface area contributed by atoms with Gasteiger partial charge in [0.25, 0.3) is 6.43 Å². The van der Waals surface area contributed by atoms with E-state index >= 15 is 0 Å². The molecule has 0 radical (unpaired) electrons. The van der Waals surface area contributed by atoms with E-state index in [1.54, 1.807) is 0 Å². The van der Waals surface area contributed by atoms with E-state index in [4.69, 9.17) is 11.6 Å². The van der Waals surface area contributed by atoms with Gasteiger partial charge in [0.2, 0.25) is 0 Å². The van der Waals surface area contributed by atoms with E-state index < -0.39 is 34.5 Å². The molecular formula is C8H5ClF3NO2. The summed E-state index contributed by atoms with van der Waals surface area (Å²) in [6.45, 7) is 0. The van der Waals surface area contributed by atoms with Crippen LogP contribution in [0.2, 0.25) is 5.02 Å². The topological polar surface area (TPSA) is 39.2 Å². The number of hydrogen-bond acceptors (Lipinski definition) is 3. The molecule has 0 aromatic carbocycles. The lowest BCUT2D eigenvalue weighted by molar-refractivity contribution is 0.0586. The van der Waals surface area contributed by atoms with Crippen LogP contribution in [0.15, 0.2) is 6.20 Å². The highest BCUT2D eigenvalue weighted by molar-refractivity contribution is 6.31. The molecule has 0 N–H and O–H groups in total. The molecule has 0 amide bonds. The standard InChI is InChI=1S/C8H5ClF3NO2/c1-15-8(14)6-5(10)4(7(11)12)3(9)2-13-6/h2,7H,1H3. The van der Waals surface area contributed by atoms with Gasteiger partial charge in [-0.05, 0) is 0 Å². The zero-order valence-electron chi connectivity index (χ0n) is 7.43. The Morgan fingerprint density at radius 3 is 2.67 bits per heavy atom. The zero-order valence-corrected chi connectivity index (χ0v) is 8.19. The summed E-state index contributed by atoms with van der Waals surface area (Å²) in [7, 11) is 0.986. The first-order valence-corrected chi connectivity index (χ1v) is 4.07. The van der Waals surface area contributed by atoms with Gasteiger partial charge >= 0.3 is 5.97 Å². The minimum atomic E-state index is -3.12. The Morgan fingerprint density at radius 1 is 1.60 bits per heavy atom. The van der Waals surface area contributed by atoms with Crippen molar-refractivity contribution in [1.29, 1.82) is 0 Å². The molecule has 0 bridgehead atoms. The number of methoxy groups -OCH3 is 1. The first kappa shape index (κ1) is 11.8. The first-order valence-electron chi connectivity index (χ1n) is 3.69. The van der Waals surface area contributed by atoms with Crippen molar-refractivity contribution < 1.29 is 22.7 Å². The first-order chi connectivity index (χ1) is 6.99. The van der Waals surface area contributed by atoms with E-state index in [1.165, 1.54) is 0 Å². The molecule has 0 saturated heterocycles. The highest BCUT2D eigenvalue weighted by Gasteiger charge is 2.25. The fraction of sp³-hybridized carbons (Fsp3) is 0.250. The molecule has 1 aromatic rings. The third-order valence-electron chi connectivity index (χ3n) is 1.61. The molecule has 0 atom stereocenters. The Hall–Kier alpha value is -1.30. The van der Waals surface area contributed by atoms with Gasteiger partial charge in [-0.2, -0.15) is 0 Å². The number of carbonyl (C=O) groups excluding carboxylic acids is 1. The van der Waals surface area contributed by atoms with E-state index in [2.05, 4.69) is 9.72 Å². The number of pyridine rings is 1. The van der Waals surface area contributed by atoms with E-state index in [-0.39, 0.29) is 0 Å². The Morgan fingerprint density at radius 2 is 2.20 bits per heavy atom. The minimum Gasteiger partial charge on any atom is -0.464 e. The molecule has 15 heavy (non-hydrogen) atoms. The summed E-state index contributed by atoms with van der Waals surface area (Å²) in [5, 5.41) is -0.532. The van der Waals surface area contributed by atoms with Gasteiger partial charge in [0.15, 0.2) is 11.5 Å². The lowest BCUT2D eigenvalue weighted by Gasteiger charge is -2.06. The number of nitrogens with zero attached hydrogens (tertiary/aromatic N) is 1. The van der Waals surface area contributed by atoms with Crippen LogP contribution in [0.1, 0.15) is 22.5 Å². The van der Waals surface area contributed by atoms with Crippen LogP contribution in [0.3, 0.4) is 0 Å². The predicted octanol–water partition coefficient (Wildman–Crippen LogP) is 2.60. The smallest absolute Gasteiger partial charge is 0.359 e. The second-order valence-corrected chi connectivity index (χ2v) is 2.88. The highest BCUT2D eigenvalue weighted by atomic mass is 35.5. The molecule has 0 unspecified atom stereocenters. The van der Waals surface area contributed by atoms with Crippen LogP contribution in [0.4, 0.5) is 13.2 Å². The molecule has 0 aliphatic rings. The van der Waals surface area contributed by atoms with Crippen LogP contribution in [0.25, 0.3) is 0 Å². The van der Waals surface area contributed by atoms with Gasteiger partial charge in [0, 0.05) is 6.20 Å². The lowest BCUT2D eigenvalue weighted by atomic mass is 10.2. The Kier molecular flexibility index (Phi) is 3.52. The molecular weight excluding hydrogens is 235 g/mol. The van der Waals surface area contributed by atoms with Crippen LogP contribution >= 0.6 is 11.6 Å². The number of alkyl halides is 2. The van der Waals surface area contributed by atoms with E-state index in [9.17, 15) is 18.0 Å². The quantitative estimate of drug-likeness (QED) is 0.745. The largest absolute Gasteiger partial charge is 0.464 e. The SMILES string of the molecule is COC(=O)c1ncc(Cl)c(C(F)F)c1F. The maximum absolute atomic E-state index is 13.3. The molecule has 7 heteroatoms. The Bertz CT molecular complexity index is 398. The zero-order chi connectivity index (χ0) is 11.6. The summed E-state index contributed by atoms with van der Waals surface area (Å²) < 4.78 is 42.1. The van der Waals surface area contributed by atoms with Crippen molar-refractivity contribution in [2.24, 2.45) is 0 Å². The van der Waals surface area contributed by atoms with Crippen LogP contribution in [-0.2, 0) is 4.74 Å².